The van der Waals surface area contributed by atoms with E-state index in [-0.39, 0.29) is 10.5 Å². The zero-order valence-electron chi connectivity index (χ0n) is 12.0. The van der Waals surface area contributed by atoms with Crippen LogP contribution in [0.5, 0.6) is 0 Å². The standard InChI is InChI=1S/C13H28O2Si/c1-12(2,3)16(6,7)15-11-13(4,5)9-8-10-14/h10H,8-9,11H2,1-7H3. The number of carbonyl (C=O) groups excluding carboxylic acids is 1. The van der Waals surface area contributed by atoms with E-state index >= 15 is 0 Å². The molecule has 96 valence electrons. The van der Waals surface area contributed by atoms with Crippen molar-refractivity contribution in [3.63, 3.8) is 0 Å². The van der Waals surface area contributed by atoms with E-state index in [0.717, 1.165) is 19.3 Å². The van der Waals surface area contributed by atoms with Crippen molar-refractivity contribution in [2.24, 2.45) is 5.41 Å². The molecule has 0 aromatic heterocycles. The molecule has 2 nitrogen and oxygen atoms in total. The Morgan fingerprint density at radius 3 is 2.00 bits per heavy atom. The SMILES string of the molecule is CC(C)(CCC=O)CO[Si](C)(C)C(C)(C)C. The minimum absolute atomic E-state index is 0.108. The second-order valence-corrected chi connectivity index (χ2v) is 11.7. The van der Waals surface area contributed by atoms with Crippen LogP contribution < -0.4 is 0 Å². The molecule has 0 fully saturated rings. The predicted octanol–water partition coefficient (Wildman–Crippen LogP) is 4.01. The first-order valence-corrected chi connectivity index (χ1v) is 9.00. The Morgan fingerprint density at radius 2 is 1.62 bits per heavy atom. The summed E-state index contributed by atoms with van der Waals surface area (Å²) in [5.74, 6) is 0. The number of hydrogen-bond donors (Lipinski definition) is 0. The summed E-state index contributed by atoms with van der Waals surface area (Å²) >= 11 is 0. The quantitative estimate of drug-likeness (QED) is 0.521. The van der Waals surface area contributed by atoms with E-state index in [0.29, 0.717) is 6.42 Å². The summed E-state index contributed by atoms with van der Waals surface area (Å²) in [6.07, 6.45) is 2.53. The minimum Gasteiger partial charge on any atom is -0.416 e. The number of hydrogen-bond acceptors (Lipinski definition) is 2. The van der Waals surface area contributed by atoms with E-state index in [9.17, 15) is 4.79 Å². The van der Waals surface area contributed by atoms with E-state index in [1.54, 1.807) is 0 Å². The summed E-state index contributed by atoms with van der Waals surface area (Å²) in [6, 6.07) is 0. The van der Waals surface area contributed by atoms with Crippen LogP contribution in [0.2, 0.25) is 18.1 Å². The van der Waals surface area contributed by atoms with Gasteiger partial charge in [0.1, 0.15) is 6.29 Å². The van der Waals surface area contributed by atoms with Gasteiger partial charge in [0.05, 0.1) is 0 Å². The summed E-state index contributed by atoms with van der Waals surface area (Å²) in [5.41, 5.74) is 0.108. The van der Waals surface area contributed by atoms with E-state index < -0.39 is 8.32 Å². The topological polar surface area (TPSA) is 26.3 Å². The van der Waals surface area contributed by atoms with Crippen molar-refractivity contribution in [2.75, 3.05) is 6.61 Å². The lowest BCUT2D eigenvalue weighted by molar-refractivity contribution is -0.108. The Hall–Kier alpha value is -0.153. The number of aldehydes is 1. The molecule has 0 aliphatic rings. The zero-order valence-corrected chi connectivity index (χ0v) is 13.0. The third kappa shape index (κ3) is 5.26. The van der Waals surface area contributed by atoms with Crippen LogP contribution in [-0.4, -0.2) is 21.2 Å². The van der Waals surface area contributed by atoms with Gasteiger partial charge in [-0.05, 0) is 30.0 Å². The average Bonchev–Trinajstić information content (AvgIpc) is 2.10. The largest absolute Gasteiger partial charge is 0.416 e. The third-order valence-corrected chi connectivity index (χ3v) is 8.05. The van der Waals surface area contributed by atoms with Crippen LogP contribution in [0.25, 0.3) is 0 Å². The van der Waals surface area contributed by atoms with Gasteiger partial charge in [0, 0.05) is 13.0 Å². The van der Waals surface area contributed by atoms with Crippen molar-refractivity contribution in [3.8, 4) is 0 Å². The van der Waals surface area contributed by atoms with Gasteiger partial charge in [-0.25, -0.2) is 0 Å². The highest BCUT2D eigenvalue weighted by Gasteiger charge is 2.38. The van der Waals surface area contributed by atoms with E-state index in [2.05, 4.69) is 47.7 Å². The average molecular weight is 244 g/mol. The molecule has 0 radical (unpaired) electrons. The molecule has 0 amide bonds. The van der Waals surface area contributed by atoms with Gasteiger partial charge in [-0.2, -0.15) is 0 Å². The maximum absolute atomic E-state index is 10.4. The molecular formula is C13H28O2Si. The van der Waals surface area contributed by atoms with Crippen LogP contribution in [-0.2, 0) is 9.22 Å². The lowest BCUT2D eigenvalue weighted by Gasteiger charge is -2.39. The molecule has 0 rings (SSSR count). The Bertz CT molecular complexity index is 227. The first kappa shape index (κ1) is 15.8. The Morgan fingerprint density at radius 1 is 1.12 bits per heavy atom. The van der Waals surface area contributed by atoms with Crippen molar-refractivity contribution in [1.82, 2.24) is 0 Å². The molecule has 0 aliphatic heterocycles. The fourth-order valence-corrected chi connectivity index (χ4v) is 2.30. The molecule has 0 N–H and O–H groups in total. The van der Waals surface area contributed by atoms with Gasteiger partial charge in [0.25, 0.3) is 0 Å². The fraction of sp³-hybridized carbons (Fsp3) is 0.923. The molecular weight excluding hydrogens is 216 g/mol. The van der Waals surface area contributed by atoms with Gasteiger partial charge in [0.2, 0.25) is 0 Å². The molecule has 0 saturated heterocycles. The molecule has 3 heteroatoms. The van der Waals surface area contributed by atoms with Crippen LogP contribution in [0, 0.1) is 5.41 Å². The molecule has 0 atom stereocenters. The van der Waals surface area contributed by atoms with Crippen molar-refractivity contribution >= 4 is 14.6 Å². The normalized spacial score (nSPS) is 13.9. The molecule has 0 aromatic rings. The summed E-state index contributed by atoms with van der Waals surface area (Å²) in [6.45, 7) is 16.4. The summed E-state index contributed by atoms with van der Waals surface area (Å²) in [4.78, 5) is 10.4. The van der Waals surface area contributed by atoms with Gasteiger partial charge >= 0.3 is 0 Å². The van der Waals surface area contributed by atoms with E-state index in [1.165, 1.54) is 0 Å². The molecule has 16 heavy (non-hydrogen) atoms. The van der Waals surface area contributed by atoms with Gasteiger partial charge in [-0.15, -0.1) is 0 Å². The molecule has 0 aromatic carbocycles. The fourth-order valence-electron chi connectivity index (χ4n) is 1.11. The highest BCUT2D eigenvalue weighted by Crippen LogP contribution is 2.38. The minimum atomic E-state index is -1.64. The van der Waals surface area contributed by atoms with Gasteiger partial charge in [-0.1, -0.05) is 34.6 Å². The van der Waals surface area contributed by atoms with Crippen LogP contribution in [0.3, 0.4) is 0 Å². The maximum atomic E-state index is 10.4. The number of rotatable bonds is 6. The van der Waals surface area contributed by atoms with Gasteiger partial charge < -0.3 is 9.22 Å². The van der Waals surface area contributed by atoms with Crippen molar-refractivity contribution < 1.29 is 9.22 Å². The third-order valence-electron chi connectivity index (χ3n) is 3.57. The first-order chi connectivity index (χ1) is 7.02. The Labute approximate surface area is 102 Å². The van der Waals surface area contributed by atoms with Crippen molar-refractivity contribution in [2.45, 2.75) is 65.6 Å². The highest BCUT2D eigenvalue weighted by molar-refractivity contribution is 6.74. The molecule has 0 heterocycles. The zero-order chi connectivity index (χ0) is 13.0. The lowest BCUT2D eigenvalue weighted by atomic mass is 9.89. The molecule has 0 unspecified atom stereocenters. The van der Waals surface area contributed by atoms with Crippen LogP contribution >= 0.6 is 0 Å². The summed E-state index contributed by atoms with van der Waals surface area (Å²) < 4.78 is 6.18. The monoisotopic (exact) mass is 244 g/mol. The summed E-state index contributed by atoms with van der Waals surface area (Å²) in [5, 5.41) is 0.258. The van der Waals surface area contributed by atoms with Gasteiger partial charge in [0.15, 0.2) is 8.32 Å². The number of carbonyl (C=O) groups is 1. The van der Waals surface area contributed by atoms with Crippen LogP contribution in [0.1, 0.15) is 47.5 Å². The first-order valence-electron chi connectivity index (χ1n) is 6.09. The highest BCUT2D eigenvalue weighted by atomic mass is 28.4. The second-order valence-electron chi connectivity index (χ2n) is 6.92. The second kappa shape index (κ2) is 5.45. The lowest BCUT2D eigenvalue weighted by Crippen LogP contribution is -2.43. The van der Waals surface area contributed by atoms with Gasteiger partial charge in [-0.3, -0.25) is 0 Å². The molecule has 0 bridgehead atoms. The van der Waals surface area contributed by atoms with Crippen LogP contribution in [0.15, 0.2) is 0 Å². The molecule has 0 spiro atoms. The predicted molar refractivity (Wildman–Crippen MR) is 72.2 cm³/mol. The van der Waals surface area contributed by atoms with E-state index in [1.807, 2.05) is 0 Å². The van der Waals surface area contributed by atoms with Crippen molar-refractivity contribution in [3.05, 3.63) is 0 Å². The molecule has 0 saturated carbocycles. The van der Waals surface area contributed by atoms with E-state index in [4.69, 9.17) is 4.43 Å². The van der Waals surface area contributed by atoms with Crippen LogP contribution in [0.4, 0.5) is 0 Å². The molecule has 0 aliphatic carbocycles. The maximum Gasteiger partial charge on any atom is 0.192 e. The Balaban J connectivity index is 4.28. The van der Waals surface area contributed by atoms with Crippen molar-refractivity contribution in [1.29, 1.82) is 0 Å². The summed E-state index contributed by atoms with van der Waals surface area (Å²) in [7, 11) is -1.64. The Kier molecular flexibility index (Phi) is 5.40. The smallest absolute Gasteiger partial charge is 0.192 e.